The highest BCUT2D eigenvalue weighted by molar-refractivity contribution is 5.52. The number of rotatable bonds is 5. The van der Waals surface area contributed by atoms with Gasteiger partial charge in [-0.1, -0.05) is 10.3 Å². The summed E-state index contributed by atoms with van der Waals surface area (Å²) >= 11 is 0. The van der Waals surface area contributed by atoms with E-state index in [1.54, 1.807) is 12.4 Å². The van der Waals surface area contributed by atoms with E-state index in [9.17, 15) is 8.78 Å². The van der Waals surface area contributed by atoms with Crippen LogP contribution in [-0.4, -0.2) is 54.3 Å². The minimum atomic E-state index is -0.820. The van der Waals surface area contributed by atoms with E-state index in [1.807, 2.05) is 17.9 Å². The number of hydrogen-bond donors (Lipinski definition) is 1. The maximum atomic E-state index is 13.5. The van der Waals surface area contributed by atoms with Crippen LogP contribution in [-0.2, 0) is 19.9 Å². The lowest BCUT2D eigenvalue weighted by molar-refractivity contribution is 0.446. The summed E-state index contributed by atoms with van der Waals surface area (Å²) in [7, 11) is 1.91. The van der Waals surface area contributed by atoms with E-state index >= 15 is 0 Å². The molecule has 0 spiro atoms. The molecule has 10 nitrogen and oxygen atoms in total. The first-order valence-corrected chi connectivity index (χ1v) is 11.5. The van der Waals surface area contributed by atoms with E-state index in [0.717, 1.165) is 42.8 Å². The molecule has 3 aromatic heterocycles. The number of nitrogens with one attached hydrogen (secondary N) is 1. The molecule has 4 aromatic rings. The summed E-state index contributed by atoms with van der Waals surface area (Å²) in [5.74, 6) is -0.450. The first-order valence-electron chi connectivity index (χ1n) is 11.5. The van der Waals surface area contributed by atoms with Crippen molar-refractivity contribution >= 4 is 12.0 Å². The van der Waals surface area contributed by atoms with Crippen molar-refractivity contribution in [1.82, 2.24) is 35.2 Å². The van der Waals surface area contributed by atoms with Crippen LogP contribution in [0.5, 0.6) is 0 Å². The van der Waals surface area contributed by atoms with Crippen molar-refractivity contribution in [2.24, 2.45) is 7.05 Å². The van der Waals surface area contributed by atoms with E-state index < -0.39 is 11.6 Å². The number of hydrogen-bond acceptors (Lipinski definition) is 9. The zero-order valence-corrected chi connectivity index (χ0v) is 19.0. The third kappa shape index (κ3) is 4.19. The van der Waals surface area contributed by atoms with Crippen LogP contribution >= 0.6 is 0 Å². The van der Waals surface area contributed by atoms with Gasteiger partial charge in [-0.2, -0.15) is 0 Å². The van der Waals surface area contributed by atoms with Gasteiger partial charge in [0.1, 0.15) is 0 Å². The molecule has 180 valence electrons. The number of anilines is 2. The van der Waals surface area contributed by atoms with Gasteiger partial charge >= 0.3 is 6.01 Å². The topological polar surface area (TPSA) is 111 Å². The van der Waals surface area contributed by atoms with Crippen LogP contribution in [0.1, 0.15) is 35.6 Å². The Bertz CT molecular complexity index is 1310. The van der Waals surface area contributed by atoms with E-state index in [1.165, 1.54) is 12.1 Å². The lowest BCUT2D eigenvalue weighted by atomic mass is 9.94. The molecule has 35 heavy (non-hydrogen) atoms. The molecule has 2 aliphatic rings. The molecule has 0 bridgehead atoms. The van der Waals surface area contributed by atoms with Crippen molar-refractivity contribution in [2.75, 3.05) is 23.3 Å². The van der Waals surface area contributed by atoms with Crippen LogP contribution in [0.3, 0.4) is 0 Å². The van der Waals surface area contributed by atoms with Crippen molar-refractivity contribution < 1.29 is 13.2 Å². The molecular weight excluding hydrogens is 456 g/mol. The van der Waals surface area contributed by atoms with Gasteiger partial charge in [-0.15, -0.1) is 10.2 Å². The summed E-state index contributed by atoms with van der Waals surface area (Å²) in [5, 5.41) is 19.6. The second-order valence-electron chi connectivity index (χ2n) is 9.01. The summed E-state index contributed by atoms with van der Waals surface area (Å²) < 4.78 is 34.7. The Kier molecular flexibility index (Phi) is 5.34. The number of fused-ring (bicyclic) bond motifs is 1. The Balaban J connectivity index is 1.07. The van der Waals surface area contributed by atoms with Gasteiger partial charge in [-0.05, 0) is 48.9 Å². The Morgan fingerprint density at radius 3 is 2.29 bits per heavy atom. The van der Waals surface area contributed by atoms with Crippen LogP contribution in [0.2, 0.25) is 0 Å². The van der Waals surface area contributed by atoms with E-state index in [-0.39, 0.29) is 6.04 Å². The average Bonchev–Trinajstić information content (AvgIpc) is 3.60. The number of aromatic nitrogens is 7. The second kappa shape index (κ2) is 8.67. The summed E-state index contributed by atoms with van der Waals surface area (Å²) in [6, 6.07) is 2.98. The SMILES string of the molecule is Cn1nncc1C1CCN(c2nnc(-c3cnc(NC4Cc5cc(F)c(F)cc5C4)nc3)o2)CC1. The van der Waals surface area contributed by atoms with Crippen LogP contribution in [0.15, 0.2) is 35.1 Å². The molecule has 12 heteroatoms. The molecule has 0 unspecified atom stereocenters. The van der Waals surface area contributed by atoms with Crippen LogP contribution in [0.25, 0.3) is 11.5 Å². The number of piperidine rings is 1. The van der Waals surface area contributed by atoms with Gasteiger partial charge in [0, 0.05) is 44.5 Å². The molecule has 1 aromatic carbocycles. The fraction of sp³-hybridized carbons (Fsp3) is 0.391. The molecule has 1 saturated heterocycles. The third-order valence-corrected chi connectivity index (χ3v) is 6.75. The summed E-state index contributed by atoms with van der Waals surface area (Å²) in [6.45, 7) is 1.60. The molecule has 1 aliphatic heterocycles. The van der Waals surface area contributed by atoms with E-state index in [4.69, 9.17) is 4.42 Å². The Labute approximate surface area is 199 Å². The molecule has 0 saturated carbocycles. The summed E-state index contributed by atoms with van der Waals surface area (Å²) in [6.07, 6.45) is 8.14. The first kappa shape index (κ1) is 21.6. The normalized spacial score (nSPS) is 16.6. The largest absolute Gasteiger partial charge is 0.403 e. The Hall–Kier alpha value is -3.96. The average molecular weight is 479 g/mol. The molecule has 0 amide bonds. The highest BCUT2D eigenvalue weighted by atomic mass is 19.2. The predicted octanol–water partition coefficient (Wildman–Crippen LogP) is 2.90. The molecular formula is C23H23F2N9O. The molecule has 1 fully saturated rings. The Morgan fingerprint density at radius 1 is 0.971 bits per heavy atom. The number of halogens is 2. The first-order chi connectivity index (χ1) is 17.0. The van der Waals surface area contributed by atoms with Crippen molar-refractivity contribution in [3.8, 4) is 11.5 Å². The minimum absolute atomic E-state index is 0.0305. The van der Waals surface area contributed by atoms with Crippen molar-refractivity contribution in [3.63, 3.8) is 0 Å². The number of aryl methyl sites for hydroxylation is 1. The Morgan fingerprint density at radius 2 is 1.66 bits per heavy atom. The van der Waals surface area contributed by atoms with Gasteiger partial charge in [0.25, 0.3) is 5.89 Å². The van der Waals surface area contributed by atoms with Gasteiger partial charge < -0.3 is 14.6 Å². The molecule has 1 aliphatic carbocycles. The van der Waals surface area contributed by atoms with Gasteiger partial charge in [-0.3, -0.25) is 4.68 Å². The van der Waals surface area contributed by atoms with E-state index in [0.29, 0.717) is 42.2 Å². The van der Waals surface area contributed by atoms with Crippen molar-refractivity contribution in [2.45, 2.75) is 37.6 Å². The van der Waals surface area contributed by atoms with Crippen molar-refractivity contribution in [1.29, 1.82) is 0 Å². The smallest absolute Gasteiger partial charge is 0.318 e. The van der Waals surface area contributed by atoms with Gasteiger partial charge in [0.2, 0.25) is 5.95 Å². The molecule has 0 atom stereocenters. The lowest BCUT2D eigenvalue weighted by Crippen LogP contribution is -2.33. The number of benzene rings is 1. The molecule has 1 N–H and O–H groups in total. The van der Waals surface area contributed by atoms with Crippen molar-refractivity contribution in [3.05, 3.63) is 59.2 Å². The molecule has 4 heterocycles. The van der Waals surface area contributed by atoms with Crippen LogP contribution in [0, 0.1) is 11.6 Å². The van der Waals surface area contributed by atoms with Gasteiger partial charge in [0.15, 0.2) is 11.6 Å². The summed E-state index contributed by atoms with van der Waals surface area (Å²) in [4.78, 5) is 10.8. The zero-order valence-electron chi connectivity index (χ0n) is 19.0. The fourth-order valence-electron chi connectivity index (χ4n) is 4.90. The fourth-order valence-corrected chi connectivity index (χ4v) is 4.90. The quantitative estimate of drug-likeness (QED) is 0.462. The predicted molar refractivity (Wildman–Crippen MR) is 122 cm³/mol. The minimum Gasteiger partial charge on any atom is -0.403 e. The van der Waals surface area contributed by atoms with Crippen LogP contribution in [0.4, 0.5) is 20.7 Å². The number of nitrogens with zero attached hydrogens (tertiary/aromatic N) is 8. The highest BCUT2D eigenvalue weighted by Gasteiger charge is 2.27. The zero-order chi connectivity index (χ0) is 23.9. The molecule has 6 rings (SSSR count). The molecule has 0 radical (unpaired) electrons. The van der Waals surface area contributed by atoms with Gasteiger partial charge in [-0.25, -0.2) is 18.7 Å². The summed E-state index contributed by atoms with van der Waals surface area (Å²) in [5.41, 5.74) is 3.36. The van der Waals surface area contributed by atoms with Gasteiger partial charge in [0.05, 0.1) is 17.5 Å². The highest BCUT2D eigenvalue weighted by Crippen LogP contribution is 2.31. The monoisotopic (exact) mass is 479 g/mol. The second-order valence-corrected chi connectivity index (χ2v) is 9.01. The van der Waals surface area contributed by atoms with E-state index in [2.05, 4.69) is 40.7 Å². The standard InChI is InChI=1S/C23H23F2N9O/c1-33-20(12-28-32-33)13-2-4-34(5-3-13)23-31-30-21(35-23)16-10-26-22(27-11-16)29-17-6-14-8-18(24)19(25)9-15(14)7-17/h8-13,17H,2-7H2,1H3,(H,26,27,29). The van der Waals surface area contributed by atoms with Crippen LogP contribution < -0.4 is 10.2 Å². The lowest BCUT2D eigenvalue weighted by Gasteiger charge is -2.30. The maximum absolute atomic E-state index is 13.5. The third-order valence-electron chi connectivity index (χ3n) is 6.75. The maximum Gasteiger partial charge on any atom is 0.318 e.